The highest BCUT2D eigenvalue weighted by molar-refractivity contribution is 7.99. The van der Waals surface area contributed by atoms with Gasteiger partial charge in [0.05, 0.1) is 28.8 Å². The molecule has 2 aliphatic rings. The monoisotopic (exact) mass is 487 g/mol. The zero-order chi connectivity index (χ0) is 22.4. The standard InChI is InChI=1S/C19H25N3O6S3/c1-12-7-16(13(2)22(12)15-4-6-31(26,27)11-15)17(23)9-29-19-21-20-18(28-19)8-14-3-5-30(24,25)10-14/h7,14-15H,3-6,8-11H2,1-2H3/t14-,15+/m0/s1. The second-order valence-corrected chi connectivity index (χ2v) is 13.7. The first-order valence-electron chi connectivity index (χ1n) is 10.1. The van der Waals surface area contributed by atoms with Crippen molar-refractivity contribution in [1.29, 1.82) is 0 Å². The summed E-state index contributed by atoms with van der Waals surface area (Å²) in [5.74, 6) is 1.05. The smallest absolute Gasteiger partial charge is 0.277 e. The van der Waals surface area contributed by atoms with Gasteiger partial charge in [-0.2, -0.15) is 0 Å². The minimum Gasteiger partial charge on any atom is -0.416 e. The number of aryl methyl sites for hydroxylation is 1. The van der Waals surface area contributed by atoms with E-state index in [4.69, 9.17) is 4.42 Å². The van der Waals surface area contributed by atoms with E-state index in [2.05, 4.69) is 10.2 Å². The molecule has 31 heavy (non-hydrogen) atoms. The number of hydrogen-bond acceptors (Lipinski definition) is 9. The van der Waals surface area contributed by atoms with Crippen LogP contribution in [0.5, 0.6) is 0 Å². The lowest BCUT2D eigenvalue weighted by molar-refractivity contribution is 0.102. The van der Waals surface area contributed by atoms with Gasteiger partial charge in [0.1, 0.15) is 0 Å². The van der Waals surface area contributed by atoms with Gasteiger partial charge in [-0.05, 0) is 38.7 Å². The van der Waals surface area contributed by atoms with Crippen LogP contribution in [0.15, 0.2) is 15.7 Å². The van der Waals surface area contributed by atoms with Crippen molar-refractivity contribution in [2.24, 2.45) is 5.92 Å². The fourth-order valence-corrected chi connectivity index (χ4v) is 8.69. The fourth-order valence-electron chi connectivity index (χ4n) is 4.46. The first-order valence-corrected chi connectivity index (χ1v) is 14.7. The van der Waals surface area contributed by atoms with Crippen LogP contribution in [0.4, 0.5) is 0 Å². The van der Waals surface area contributed by atoms with Crippen LogP contribution in [0.1, 0.15) is 46.5 Å². The molecule has 0 amide bonds. The predicted molar refractivity (Wildman–Crippen MR) is 116 cm³/mol. The first-order chi connectivity index (χ1) is 14.5. The Kier molecular flexibility index (Phi) is 6.08. The van der Waals surface area contributed by atoms with Crippen molar-refractivity contribution in [1.82, 2.24) is 14.8 Å². The Morgan fingerprint density at radius 1 is 1.13 bits per heavy atom. The van der Waals surface area contributed by atoms with Crippen LogP contribution in [-0.2, 0) is 26.1 Å². The van der Waals surface area contributed by atoms with Gasteiger partial charge in [0, 0.05) is 29.4 Å². The topological polar surface area (TPSA) is 129 Å². The molecule has 0 unspecified atom stereocenters. The first kappa shape index (κ1) is 22.5. The van der Waals surface area contributed by atoms with E-state index in [0.29, 0.717) is 30.7 Å². The summed E-state index contributed by atoms with van der Waals surface area (Å²) < 4.78 is 54.4. The fraction of sp³-hybridized carbons (Fsp3) is 0.632. The van der Waals surface area contributed by atoms with Crippen LogP contribution in [0.3, 0.4) is 0 Å². The molecule has 2 fully saturated rings. The van der Waals surface area contributed by atoms with E-state index in [1.807, 2.05) is 24.5 Å². The minimum atomic E-state index is -3.02. The highest BCUT2D eigenvalue weighted by Gasteiger charge is 2.32. The Morgan fingerprint density at radius 3 is 2.48 bits per heavy atom. The lowest BCUT2D eigenvalue weighted by atomic mass is 10.1. The molecular formula is C19H25N3O6S3. The van der Waals surface area contributed by atoms with Gasteiger partial charge in [-0.1, -0.05) is 11.8 Å². The zero-order valence-electron chi connectivity index (χ0n) is 17.4. The highest BCUT2D eigenvalue weighted by Crippen LogP contribution is 2.30. The van der Waals surface area contributed by atoms with Crippen molar-refractivity contribution in [3.63, 3.8) is 0 Å². The van der Waals surface area contributed by atoms with Crippen molar-refractivity contribution in [3.8, 4) is 0 Å². The van der Waals surface area contributed by atoms with Gasteiger partial charge in [-0.15, -0.1) is 10.2 Å². The van der Waals surface area contributed by atoms with Crippen molar-refractivity contribution in [2.45, 2.75) is 44.4 Å². The molecule has 2 aromatic rings. The largest absolute Gasteiger partial charge is 0.416 e. The van der Waals surface area contributed by atoms with Crippen molar-refractivity contribution in [3.05, 3.63) is 28.9 Å². The van der Waals surface area contributed by atoms with Gasteiger partial charge >= 0.3 is 0 Å². The number of aromatic nitrogens is 3. The summed E-state index contributed by atoms with van der Waals surface area (Å²) in [6.45, 7) is 3.73. The van der Waals surface area contributed by atoms with Crippen LogP contribution >= 0.6 is 11.8 Å². The summed E-state index contributed by atoms with van der Waals surface area (Å²) in [5, 5.41) is 8.21. The molecule has 0 bridgehead atoms. The molecule has 4 heterocycles. The Morgan fingerprint density at radius 2 is 1.84 bits per heavy atom. The Balaban J connectivity index is 1.38. The Bertz CT molecular complexity index is 1210. The van der Waals surface area contributed by atoms with Crippen molar-refractivity contribution < 1.29 is 26.0 Å². The number of rotatable bonds is 7. The molecule has 2 saturated heterocycles. The van der Waals surface area contributed by atoms with Crippen LogP contribution in [0.25, 0.3) is 0 Å². The molecular weight excluding hydrogens is 462 g/mol. The average Bonchev–Trinajstić information content (AvgIpc) is 3.41. The number of hydrogen-bond donors (Lipinski definition) is 0. The third-order valence-corrected chi connectivity index (χ3v) is 10.3. The summed E-state index contributed by atoms with van der Waals surface area (Å²) in [5.41, 5.74) is 2.23. The number of ketones is 1. The number of nitrogens with zero attached hydrogens (tertiary/aromatic N) is 3. The molecule has 170 valence electrons. The summed E-state index contributed by atoms with van der Waals surface area (Å²) in [7, 11) is -5.97. The molecule has 0 spiro atoms. The van der Waals surface area contributed by atoms with E-state index in [-0.39, 0.29) is 51.7 Å². The molecule has 0 saturated carbocycles. The Hall–Kier alpha value is -1.66. The van der Waals surface area contributed by atoms with Gasteiger partial charge in [0.15, 0.2) is 25.5 Å². The molecule has 2 atom stereocenters. The average molecular weight is 488 g/mol. The maximum absolute atomic E-state index is 12.8. The zero-order valence-corrected chi connectivity index (χ0v) is 19.9. The maximum Gasteiger partial charge on any atom is 0.277 e. The number of sulfone groups is 2. The molecule has 0 radical (unpaired) electrons. The predicted octanol–water partition coefficient (Wildman–Crippen LogP) is 1.80. The second kappa shape index (κ2) is 8.36. The molecule has 0 aliphatic carbocycles. The van der Waals surface area contributed by atoms with Crippen molar-refractivity contribution >= 4 is 37.2 Å². The number of thioether (sulfide) groups is 1. The summed E-state index contributed by atoms with van der Waals surface area (Å²) in [4.78, 5) is 12.8. The second-order valence-electron chi connectivity index (χ2n) is 8.36. The molecule has 0 N–H and O–H groups in total. The van der Waals surface area contributed by atoms with E-state index in [1.165, 1.54) is 0 Å². The minimum absolute atomic E-state index is 0.00489. The van der Waals surface area contributed by atoms with Crippen LogP contribution < -0.4 is 0 Å². The van der Waals surface area contributed by atoms with Gasteiger partial charge in [-0.25, -0.2) is 16.8 Å². The number of Topliss-reactive ketones (excluding diaryl/α,β-unsaturated/α-hetero) is 1. The number of carbonyl (C=O) groups is 1. The maximum atomic E-state index is 12.8. The van der Waals surface area contributed by atoms with Gasteiger partial charge in [-0.3, -0.25) is 4.79 Å². The van der Waals surface area contributed by atoms with E-state index in [0.717, 1.165) is 23.1 Å². The van der Waals surface area contributed by atoms with Gasteiger partial charge in [0.25, 0.3) is 5.22 Å². The van der Waals surface area contributed by atoms with Crippen LogP contribution in [0, 0.1) is 19.8 Å². The molecule has 12 heteroatoms. The quantitative estimate of drug-likeness (QED) is 0.424. The van der Waals surface area contributed by atoms with Gasteiger partial charge in [0.2, 0.25) is 5.89 Å². The SMILES string of the molecule is Cc1cc(C(=O)CSc2nnc(C[C@@H]3CCS(=O)(=O)C3)o2)c(C)n1[C@@H]1CCS(=O)(=O)C1. The van der Waals surface area contributed by atoms with E-state index >= 15 is 0 Å². The molecule has 9 nitrogen and oxygen atoms in total. The third kappa shape index (κ3) is 5.06. The molecule has 2 aliphatic heterocycles. The lowest BCUT2D eigenvalue weighted by Crippen LogP contribution is -2.14. The summed E-state index contributed by atoms with van der Waals surface area (Å²) >= 11 is 1.14. The Labute approximate surface area is 185 Å². The highest BCUT2D eigenvalue weighted by atomic mass is 32.2. The van der Waals surface area contributed by atoms with E-state index < -0.39 is 19.7 Å². The molecule has 4 rings (SSSR count). The third-order valence-electron chi connectivity index (χ3n) is 5.92. The van der Waals surface area contributed by atoms with Crippen LogP contribution in [-0.4, -0.2) is 66.1 Å². The summed E-state index contributed by atoms with van der Waals surface area (Å²) in [6, 6.07) is 1.68. The number of carbonyl (C=O) groups excluding carboxylic acids is 1. The molecule has 0 aromatic carbocycles. The van der Waals surface area contributed by atoms with Crippen LogP contribution in [0.2, 0.25) is 0 Å². The normalized spacial score (nSPS) is 24.6. The van der Waals surface area contributed by atoms with E-state index in [9.17, 15) is 21.6 Å². The molecule has 2 aromatic heterocycles. The van der Waals surface area contributed by atoms with Crippen molar-refractivity contribution in [2.75, 3.05) is 28.8 Å². The van der Waals surface area contributed by atoms with E-state index in [1.54, 1.807) is 0 Å². The summed E-state index contributed by atoms with van der Waals surface area (Å²) in [6.07, 6.45) is 1.59. The lowest BCUT2D eigenvalue weighted by Gasteiger charge is -2.16. The van der Waals surface area contributed by atoms with Gasteiger partial charge < -0.3 is 8.98 Å².